The van der Waals surface area contributed by atoms with Crippen LogP contribution >= 0.6 is 22.7 Å². The molecule has 0 atom stereocenters. The Morgan fingerprint density at radius 1 is 0.466 bits per heavy atom. The van der Waals surface area contributed by atoms with E-state index in [1.54, 1.807) is 100 Å². The van der Waals surface area contributed by atoms with E-state index in [0.29, 0.717) is 56.2 Å². The Kier molecular flexibility index (Phi) is 21.7. The summed E-state index contributed by atoms with van der Waals surface area (Å²) in [5, 5.41) is 27.2. The molecule has 4 aromatic carbocycles. The van der Waals surface area contributed by atoms with Gasteiger partial charge in [0.25, 0.3) is 11.8 Å². The van der Waals surface area contributed by atoms with Crippen LogP contribution in [0, 0.1) is 23.3 Å². The number of aromatic nitrogens is 4. The summed E-state index contributed by atoms with van der Waals surface area (Å²) in [7, 11) is 9.94. The molecule has 27 heteroatoms. The number of methoxy groups -OCH3 is 2. The average molecular weight is 1250 g/mol. The highest BCUT2D eigenvalue weighted by Crippen LogP contribution is 2.46. The summed E-state index contributed by atoms with van der Waals surface area (Å²) in [6.45, 7) is 2.50. The van der Waals surface area contributed by atoms with Crippen LogP contribution in [0.5, 0.6) is 11.8 Å². The molecule has 21 nitrogen and oxygen atoms in total. The summed E-state index contributed by atoms with van der Waals surface area (Å²) >= 11 is 2.04. The van der Waals surface area contributed by atoms with Gasteiger partial charge in [-0.05, 0) is 124 Å². The van der Waals surface area contributed by atoms with Crippen molar-refractivity contribution in [3.05, 3.63) is 166 Å². The Morgan fingerprint density at radius 3 is 1.14 bits per heavy atom. The van der Waals surface area contributed by atoms with Gasteiger partial charge < -0.3 is 50.0 Å². The van der Waals surface area contributed by atoms with E-state index in [0.717, 1.165) is 56.7 Å². The molecular formula is C61H62F4N12O9S2. The van der Waals surface area contributed by atoms with Gasteiger partial charge in [0, 0.05) is 57.5 Å². The number of amides is 6. The quantitative estimate of drug-likeness (QED) is 0.0412. The van der Waals surface area contributed by atoms with Crippen LogP contribution in [0.15, 0.2) is 109 Å². The lowest BCUT2D eigenvalue weighted by molar-refractivity contribution is 0.101. The molecule has 4 N–H and O–H groups in total. The summed E-state index contributed by atoms with van der Waals surface area (Å²) in [5.74, 6) is -4.64. The number of rotatable bonds is 24. The number of thiophene rings is 2. The van der Waals surface area contributed by atoms with Gasteiger partial charge in [0.05, 0.1) is 51.6 Å². The summed E-state index contributed by atoms with van der Waals surface area (Å²) in [5.41, 5.74) is 1.79. The number of carbonyl (C=O) groups is 5. The molecule has 8 aromatic rings. The zero-order valence-corrected chi connectivity index (χ0v) is 50.8. The predicted molar refractivity (Wildman–Crippen MR) is 328 cm³/mol. The summed E-state index contributed by atoms with van der Waals surface area (Å²) in [4.78, 5) is 77.8. The molecule has 0 aliphatic rings. The number of nitrogens with zero attached hydrogens (tertiary/aromatic N) is 8. The fraction of sp³-hybridized carbons (Fsp3) is 0.262. The summed E-state index contributed by atoms with van der Waals surface area (Å²) in [6.07, 6.45) is -1.05. The van der Waals surface area contributed by atoms with E-state index in [4.69, 9.17) is 18.9 Å². The first-order valence-electron chi connectivity index (χ1n) is 27.3. The largest absolute Gasteiger partial charge is 0.480 e. The maximum absolute atomic E-state index is 15.4. The van der Waals surface area contributed by atoms with Crippen LogP contribution < -0.4 is 40.5 Å². The fourth-order valence-electron chi connectivity index (χ4n) is 8.86. The van der Waals surface area contributed by atoms with E-state index < -0.39 is 77.5 Å². The molecule has 6 amide bonds. The molecule has 8 rings (SSSR count). The van der Waals surface area contributed by atoms with E-state index in [9.17, 15) is 24.0 Å². The number of urea groups is 1. The monoisotopic (exact) mass is 1250 g/mol. The number of halogens is 4. The number of benzene rings is 4. The van der Waals surface area contributed by atoms with E-state index >= 15 is 17.6 Å². The van der Waals surface area contributed by atoms with Crippen LogP contribution in [0.3, 0.4) is 0 Å². The van der Waals surface area contributed by atoms with Crippen LogP contribution in [0.4, 0.5) is 65.0 Å². The lowest BCUT2D eigenvalue weighted by Crippen LogP contribution is -2.33. The number of ether oxygens (including phenoxy) is 4. The first kappa shape index (κ1) is 64.4. The first-order chi connectivity index (χ1) is 42.3. The first-order valence-corrected chi connectivity index (χ1v) is 29.0. The smallest absolute Gasteiger partial charge is 0.415 e. The van der Waals surface area contributed by atoms with Gasteiger partial charge in [-0.15, -0.1) is 43.1 Å². The van der Waals surface area contributed by atoms with Crippen LogP contribution in [0.2, 0.25) is 0 Å². The van der Waals surface area contributed by atoms with Gasteiger partial charge in [0.15, 0.2) is 11.6 Å². The molecule has 4 heterocycles. The molecule has 0 saturated carbocycles. The maximum atomic E-state index is 15.4. The molecule has 0 fully saturated rings. The molecule has 0 bridgehead atoms. The van der Waals surface area contributed by atoms with Crippen LogP contribution in [0.1, 0.15) is 69.7 Å². The number of hydrogen-bond acceptors (Lipinski definition) is 17. The Balaban J connectivity index is 1.11. The maximum Gasteiger partial charge on any atom is 0.415 e. The molecule has 0 spiro atoms. The third-order valence-electron chi connectivity index (χ3n) is 12.9. The van der Waals surface area contributed by atoms with Crippen molar-refractivity contribution in [1.29, 1.82) is 0 Å². The van der Waals surface area contributed by atoms with E-state index in [1.165, 1.54) is 50.6 Å². The summed E-state index contributed by atoms with van der Waals surface area (Å²) < 4.78 is 82.9. The number of carbonyl (C=O) groups excluding carboxylic acids is 5. The topological polar surface area (TPSA) is 235 Å². The Labute approximate surface area is 512 Å². The predicted octanol–water partition coefficient (Wildman–Crippen LogP) is 12.7. The molecule has 88 heavy (non-hydrogen) atoms. The van der Waals surface area contributed by atoms with Crippen molar-refractivity contribution in [2.45, 2.75) is 52.9 Å². The third-order valence-corrected chi connectivity index (χ3v) is 15.5. The lowest BCUT2D eigenvalue weighted by Gasteiger charge is -2.23. The molecular weight excluding hydrogens is 1180 g/mol. The molecule has 0 saturated heterocycles. The second kappa shape index (κ2) is 29.7. The minimum absolute atomic E-state index is 0.00551. The van der Waals surface area contributed by atoms with Crippen LogP contribution in [0.25, 0.3) is 20.9 Å². The van der Waals surface area contributed by atoms with Crippen molar-refractivity contribution in [1.82, 2.24) is 30.2 Å². The van der Waals surface area contributed by atoms with Crippen molar-refractivity contribution in [2.75, 3.05) is 86.7 Å². The standard InChI is InChI=1S/C61H62F4N12O9S2/c1-9-29-85-60(81)76(33-39-43(62)13-11-14-44(39)63)57-51(55(78)68-47-25-27-49(83-7)72-70-47)41(31-74(3)4)53(87-57)35-17-21-37(22-18-35)66-59(80)67-38-23-19-36(20-24-38)54-42(32-75(5)6)52(56(79)69-48-26-28-50(84-8)73-71-48)58(88-54)77(61(82)86-30-10-2)34-40-45(64)15-12-16-46(40)65/h11-28H,9-10,29-34H2,1-8H3,(H2,66,67,80)(H,68,70,78)(H,69,71,79). The van der Waals surface area contributed by atoms with Crippen molar-refractivity contribution in [2.24, 2.45) is 0 Å². The zero-order valence-electron chi connectivity index (χ0n) is 49.1. The van der Waals surface area contributed by atoms with Gasteiger partial charge in [-0.3, -0.25) is 19.4 Å². The van der Waals surface area contributed by atoms with Gasteiger partial charge in [-0.1, -0.05) is 50.2 Å². The number of hydrogen-bond donors (Lipinski definition) is 4. The van der Waals surface area contributed by atoms with E-state index in [2.05, 4.69) is 41.7 Å². The Hall–Kier alpha value is -9.57. The average Bonchev–Trinajstić information content (AvgIpc) is 1.74. The van der Waals surface area contributed by atoms with E-state index in [1.807, 2.05) is 0 Å². The van der Waals surface area contributed by atoms with Gasteiger partial charge in [-0.25, -0.2) is 31.9 Å². The fourth-order valence-corrected chi connectivity index (χ4v) is 11.5. The van der Waals surface area contributed by atoms with Crippen molar-refractivity contribution >= 4 is 85.7 Å². The molecule has 0 unspecified atom stereocenters. The van der Waals surface area contributed by atoms with Gasteiger partial charge in [0.2, 0.25) is 11.8 Å². The SMILES string of the molecule is CCCOC(=O)N(Cc1c(F)cccc1F)c1sc(-c2ccc(NC(=O)Nc3ccc(-c4sc(N(Cc5c(F)cccc5F)C(=O)OCCC)c(C(=O)Nc5ccc(OC)nn5)c4CN(C)C)cc3)cc2)c(CN(C)C)c1C(=O)Nc1ccc(OC)nn1. The zero-order chi connectivity index (χ0) is 63.2. The Bertz CT molecular complexity index is 3500. The number of anilines is 6. The molecule has 460 valence electrons. The van der Waals surface area contributed by atoms with Crippen molar-refractivity contribution in [3.8, 4) is 32.6 Å². The van der Waals surface area contributed by atoms with Gasteiger partial charge in [-0.2, -0.15) is 0 Å². The molecule has 0 aliphatic heterocycles. The normalized spacial score (nSPS) is 11.1. The Morgan fingerprint density at radius 2 is 0.830 bits per heavy atom. The highest BCUT2D eigenvalue weighted by atomic mass is 32.1. The van der Waals surface area contributed by atoms with Gasteiger partial charge in [0.1, 0.15) is 33.3 Å². The van der Waals surface area contributed by atoms with E-state index in [-0.39, 0.29) is 70.8 Å². The summed E-state index contributed by atoms with van der Waals surface area (Å²) in [6, 6.07) is 25.3. The van der Waals surface area contributed by atoms with Crippen LogP contribution in [-0.4, -0.2) is 116 Å². The van der Waals surface area contributed by atoms with Gasteiger partial charge >= 0.3 is 18.2 Å². The highest BCUT2D eigenvalue weighted by molar-refractivity contribution is 7.20. The molecule has 0 radical (unpaired) electrons. The number of nitrogens with one attached hydrogen (secondary N) is 4. The highest BCUT2D eigenvalue weighted by Gasteiger charge is 2.35. The van der Waals surface area contributed by atoms with Crippen LogP contribution in [-0.2, 0) is 35.7 Å². The molecule has 4 aromatic heterocycles. The third kappa shape index (κ3) is 15.7. The minimum Gasteiger partial charge on any atom is -0.480 e. The minimum atomic E-state index is -0.956. The van der Waals surface area contributed by atoms with Crippen molar-refractivity contribution in [3.63, 3.8) is 0 Å². The lowest BCUT2D eigenvalue weighted by atomic mass is 10.0. The molecule has 0 aliphatic carbocycles. The second-order valence-corrected chi connectivity index (χ2v) is 22.0. The van der Waals surface area contributed by atoms with Crippen molar-refractivity contribution < 1.29 is 60.5 Å². The second-order valence-electron chi connectivity index (χ2n) is 20.0.